The molecule has 0 aliphatic carbocycles. The lowest BCUT2D eigenvalue weighted by Crippen LogP contribution is -2.28. The Balaban J connectivity index is 1.77. The minimum absolute atomic E-state index is 0.143. The molecule has 0 spiro atoms. The molecule has 3 heterocycles. The molecule has 1 fully saturated rings. The Morgan fingerprint density at radius 1 is 1.41 bits per heavy atom. The molecule has 116 valence electrons. The van der Waals surface area contributed by atoms with Gasteiger partial charge in [0.25, 0.3) is 5.91 Å². The third-order valence-corrected chi connectivity index (χ3v) is 4.82. The fourth-order valence-corrected chi connectivity index (χ4v) is 3.53. The van der Waals surface area contributed by atoms with E-state index < -0.39 is 0 Å². The Kier molecular flexibility index (Phi) is 4.16. The smallest absolute Gasteiger partial charge is 0.254 e. The summed E-state index contributed by atoms with van der Waals surface area (Å²) in [4.78, 5) is 21.2. The topological polar surface area (TPSA) is 36.4 Å². The summed E-state index contributed by atoms with van der Waals surface area (Å²) in [5.41, 5.74) is 4.11. The monoisotopic (exact) mass is 315 g/mol. The van der Waals surface area contributed by atoms with E-state index in [-0.39, 0.29) is 5.91 Å². The number of nitrogens with zero attached hydrogens (tertiary/aromatic N) is 3. The lowest BCUT2D eigenvalue weighted by Gasteiger charge is -2.18. The number of aryl methyl sites for hydroxylation is 1. The average Bonchev–Trinajstić information content (AvgIpc) is 3.17. The first-order valence-corrected chi connectivity index (χ1v) is 8.46. The third-order valence-electron chi connectivity index (χ3n) is 4.14. The molecular formula is C17H21N3OS. The van der Waals surface area contributed by atoms with Gasteiger partial charge in [0.1, 0.15) is 0 Å². The number of likely N-dealkylation sites (tertiary alicyclic amines) is 1. The van der Waals surface area contributed by atoms with E-state index in [4.69, 9.17) is 4.98 Å². The predicted molar refractivity (Wildman–Crippen MR) is 90.9 cm³/mol. The number of amides is 1. The van der Waals surface area contributed by atoms with E-state index in [2.05, 4.69) is 17.0 Å². The SMILES string of the molecule is Cc1cc(N(C)C)cc(C2CCN(C(=O)c3ccsc3)C2)n1. The van der Waals surface area contributed by atoms with Crippen molar-refractivity contribution in [3.8, 4) is 0 Å². The molecule has 1 aliphatic rings. The van der Waals surface area contributed by atoms with Crippen LogP contribution in [0.5, 0.6) is 0 Å². The van der Waals surface area contributed by atoms with Gasteiger partial charge in [0.15, 0.2) is 0 Å². The summed E-state index contributed by atoms with van der Waals surface area (Å²) in [6.45, 7) is 3.60. The summed E-state index contributed by atoms with van der Waals surface area (Å²) >= 11 is 1.57. The van der Waals surface area contributed by atoms with Crippen molar-refractivity contribution < 1.29 is 4.79 Å². The van der Waals surface area contributed by atoms with Crippen LogP contribution in [0, 0.1) is 6.92 Å². The van der Waals surface area contributed by atoms with Crippen molar-refractivity contribution in [1.29, 1.82) is 0 Å². The molecule has 5 heteroatoms. The van der Waals surface area contributed by atoms with Crippen molar-refractivity contribution in [3.63, 3.8) is 0 Å². The highest BCUT2D eigenvalue weighted by molar-refractivity contribution is 7.08. The van der Waals surface area contributed by atoms with Crippen LogP contribution in [0.2, 0.25) is 0 Å². The predicted octanol–water partition coefficient (Wildman–Crippen LogP) is 3.15. The summed E-state index contributed by atoms with van der Waals surface area (Å²) in [5, 5.41) is 3.87. The Labute approximate surface area is 135 Å². The van der Waals surface area contributed by atoms with Gasteiger partial charge >= 0.3 is 0 Å². The highest BCUT2D eigenvalue weighted by Gasteiger charge is 2.29. The lowest BCUT2D eigenvalue weighted by atomic mass is 10.0. The third kappa shape index (κ3) is 2.99. The molecule has 0 saturated carbocycles. The zero-order valence-electron chi connectivity index (χ0n) is 13.2. The van der Waals surface area contributed by atoms with Crippen molar-refractivity contribution in [2.45, 2.75) is 19.3 Å². The van der Waals surface area contributed by atoms with Crippen molar-refractivity contribution in [3.05, 3.63) is 45.9 Å². The quantitative estimate of drug-likeness (QED) is 0.873. The van der Waals surface area contributed by atoms with Gasteiger partial charge in [-0.3, -0.25) is 9.78 Å². The second kappa shape index (κ2) is 6.08. The van der Waals surface area contributed by atoms with Crippen LogP contribution in [0.15, 0.2) is 29.0 Å². The fraction of sp³-hybridized carbons (Fsp3) is 0.412. The molecule has 22 heavy (non-hydrogen) atoms. The summed E-state index contributed by atoms with van der Waals surface area (Å²) in [7, 11) is 4.08. The van der Waals surface area contributed by atoms with E-state index in [0.717, 1.165) is 36.5 Å². The maximum Gasteiger partial charge on any atom is 0.254 e. The zero-order valence-corrected chi connectivity index (χ0v) is 14.1. The van der Waals surface area contributed by atoms with Crippen LogP contribution in [0.1, 0.15) is 34.1 Å². The van der Waals surface area contributed by atoms with Gasteiger partial charge in [0, 0.05) is 55.6 Å². The Morgan fingerprint density at radius 3 is 2.91 bits per heavy atom. The molecule has 1 unspecified atom stereocenters. The van der Waals surface area contributed by atoms with Gasteiger partial charge in [0.05, 0.1) is 5.56 Å². The summed E-state index contributed by atoms with van der Waals surface area (Å²) in [6.07, 6.45) is 0.985. The normalized spacial score (nSPS) is 17.8. The Hall–Kier alpha value is -1.88. The highest BCUT2D eigenvalue weighted by atomic mass is 32.1. The molecule has 0 aromatic carbocycles. The largest absolute Gasteiger partial charge is 0.378 e. The van der Waals surface area contributed by atoms with Crippen LogP contribution in [-0.4, -0.2) is 43.0 Å². The van der Waals surface area contributed by atoms with E-state index in [1.54, 1.807) is 11.3 Å². The molecule has 1 amide bonds. The molecule has 1 aliphatic heterocycles. The van der Waals surface area contributed by atoms with Gasteiger partial charge in [-0.15, -0.1) is 0 Å². The number of anilines is 1. The molecule has 0 radical (unpaired) electrons. The molecular weight excluding hydrogens is 294 g/mol. The minimum Gasteiger partial charge on any atom is -0.378 e. The second-order valence-corrected chi connectivity index (χ2v) is 6.81. The number of pyridine rings is 1. The van der Waals surface area contributed by atoms with Gasteiger partial charge in [-0.2, -0.15) is 11.3 Å². The van der Waals surface area contributed by atoms with E-state index in [1.807, 2.05) is 42.7 Å². The number of aromatic nitrogens is 1. The van der Waals surface area contributed by atoms with Crippen LogP contribution in [-0.2, 0) is 0 Å². The van der Waals surface area contributed by atoms with Crippen LogP contribution in [0.3, 0.4) is 0 Å². The number of thiophene rings is 1. The summed E-state index contributed by atoms with van der Waals surface area (Å²) in [6, 6.07) is 6.14. The van der Waals surface area contributed by atoms with Crippen LogP contribution >= 0.6 is 11.3 Å². The van der Waals surface area contributed by atoms with Crippen LogP contribution in [0.25, 0.3) is 0 Å². The summed E-state index contributed by atoms with van der Waals surface area (Å²) < 4.78 is 0. The van der Waals surface area contributed by atoms with Gasteiger partial charge in [-0.25, -0.2) is 0 Å². The van der Waals surface area contributed by atoms with Crippen molar-refractivity contribution in [2.75, 3.05) is 32.1 Å². The van der Waals surface area contributed by atoms with Gasteiger partial charge in [-0.05, 0) is 36.9 Å². The van der Waals surface area contributed by atoms with Crippen molar-refractivity contribution in [2.24, 2.45) is 0 Å². The molecule has 4 nitrogen and oxygen atoms in total. The lowest BCUT2D eigenvalue weighted by molar-refractivity contribution is 0.0791. The van der Waals surface area contributed by atoms with Crippen LogP contribution < -0.4 is 4.90 Å². The van der Waals surface area contributed by atoms with E-state index in [9.17, 15) is 4.79 Å². The molecule has 2 aromatic rings. The maximum absolute atomic E-state index is 12.4. The molecule has 0 N–H and O–H groups in total. The molecule has 1 atom stereocenters. The van der Waals surface area contributed by atoms with E-state index in [1.165, 1.54) is 5.69 Å². The number of rotatable bonds is 3. The van der Waals surface area contributed by atoms with Crippen molar-refractivity contribution in [1.82, 2.24) is 9.88 Å². The van der Waals surface area contributed by atoms with Crippen LogP contribution in [0.4, 0.5) is 5.69 Å². The summed E-state index contributed by atoms with van der Waals surface area (Å²) in [5.74, 6) is 0.477. The standard InChI is InChI=1S/C17H21N3OS/c1-12-8-15(19(2)3)9-16(18-12)13-4-6-20(10-13)17(21)14-5-7-22-11-14/h5,7-9,11,13H,4,6,10H2,1-3H3. The van der Waals surface area contributed by atoms with Gasteiger partial charge in [0.2, 0.25) is 0 Å². The first-order chi connectivity index (χ1) is 10.5. The Bertz CT molecular complexity index is 667. The number of carbonyl (C=O) groups excluding carboxylic acids is 1. The van der Waals surface area contributed by atoms with Gasteiger partial charge < -0.3 is 9.80 Å². The minimum atomic E-state index is 0.143. The number of hydrogen-bond acceptors (Lipinski definition) is 4. The molecule has 2 aromatic heterocycles. The maximum atomic E-state index is 12.4. The van der Waals surface area contributed by atoms with Gasteiger partial charge in [-0.1, -0.05) is 0 Å². The zero-order chi connectivity index (χ0) is 15.7. The number of hydrogen-bond donors (Lipinski definition) is 0. The Morgan fingerprint density at radius 2 is 2.23 bits per heavy atom. The van der Waals surface area contributed by atoms with E-state index in [0.29, 0.717) is 5.92 Å². The average molecular weight is 315 g/mol. The number of carbonyl (C=O) groups is 1. The molecule has 1 saturated heterocycles. The first-order valence-electron chi connectivity index (χ1n) is 7.52. The molecule has 0 bridgehead atoms. The fourth-order valence-electron chi connectivity index (χ4n) is 2.90. The first kappa shape index (κ1) is 15.0. The van der Waals surface area contributed by atoms with Crippen molar-refractivity contribution >= 4 is 22.9 Å². The highest BCUT2D eigenvalue weighted by Crippen LogP contribution is 2.29. The van der Waals surface area contributed by atoms with E-state index >= 15 is 0 Å². The molecule has 3 rings (SSSR count). The second-order valence-electron chi connectivity index (χ2n) is 6.03.